The zero-order chi connectivity index (χ0) is 12.7. The van der Waals surface area contributed by atoms with Crippen LogP contribution in [0.1, 0.15) is 0 Å². The van der Waals surface area contributed by atoms with E-state index in [0.29, 0.717) is 21.6 Å². The van der Waals surface area contributed by atoms with Gasteiger partial charge in [0.1, 0.15) is 5.15 Å². The van der Waals surface area contributed by atoms with E-state index in [2.05, 4.69) is 31.1 Å². The molecule has 2 heterocycles. The zero-order valence-electron chi connectivity index (χ0n) is 8.81. The molecule has 7 heteroatoms. The van der Waals surface area contributed by atoms with Gasteiger partial charge in [0.2, 0.25) is 0 Å². The molecule has 0 aliphatic heterocycles. The number of halogens is 3. The maximum absolute atomic E-state index is 6.10. The summed E-state index contributed by atoms with van der Waals surface area (Å²) in [5.41, 5.74) is 1.43. The molecule has 3 aromatic rings. The predicted molar refractivity (Wildman–Crippen MR) is 73.9 cm³/mol. The monoisotopic (exact) mass is 342 g/mol. The quantitative estimate of drug-likeness (QED) is 0.673. The summed E-state index contributed by atoms with van der Waals surface area (Å²) in [7, 11) is 0. The Kier molecular flexibility index (Phi) is 2.97. The van der Waals surface area contributed by atoms with Crippen molar-refractivity contribution in [2.75, 3.05) is 0 Å². The van der Waals surface area contributed by atoms with E-state index in [1.165, 1.54) is 0 Å². The van der Waals surface area contributed by atoms with E-state index in [9.17, 15) is 0 Å². The molecule has 1 aromatic carbocycles. The molecule has 0 unspecified atom stereocenters. The van der Waals surface area contributed by atoms with Crippen LogP contribution in [-0.2, 0) is 0 Å². The molecule has 0 saturated heterocycles. The normalized spacial score (nSPS) is 11.1. The SMILES string of the molecule is Clc1cc(-c2nnc3cncc(Cl)n23)ccc1Br. The lowest BCUT2D eigenvalue weighted by Gasteiger charge is -2.03. The first-order chi connectivity index (χ1) is 8.66. The number of benzene rings is 1. The van der Waals surface area contributed by atoms with Crippen molar-refractivity contribution in [2.24, 2.45) is 0 Å². The summed E-state index contributed by atoms with van der Waals surface area (Å²) >= 11 is 15.5. The molecular formula is C11H5BrCl2N4. The molecule has 0 N–H and O–H groups in total. The first kappa shape index (κ1) is 11.9. The first-order valence-corrected chi connectivity index (χ1v) is 6.52. The summed E-state index contributed by atoms with van der Waals surface area (Å²) in [6.45, 7) is 0. The van der Waals surface area contributed by atoms with Crippen LogP contribution < -0.4 is 0 Å². The fourth-order valence-electron chi connectivity index (χ4n) is 1.64. The third kappa shape index (κ3) is 1.88. The highest BCUT2D eigenvalue weighted by Gasteiger charge is 2.11. The second-order valence-electron chi connectivity index (χ2n) is 3.58. The Morgan fingerprint density at radius 2 is 1.94 bits per heavy atom. The molecule has 2 aromatic heterocycles. The Labute approximate surface area is 121 Å². The molecule has 0 radical (unpaired) electrons. The van der Waals surface area contributed by atoms with Gasteiger partial charge in [-0.1, -0.05) is 23.2 Å². The minimum absolute atomic E-state index is 0.451. The molecule has 0 aliphatic carbocycles. The number of nitrogens with zero attached hydrogens (tertiary/aromatic N) is 4. The minimum atomic E-state index is 0.451. The second-order valence-corrected chi connectivity index (χ2v) is 5.22. The van der Waals surface area contributed by atoms with Gasteiger partial charge in [-0.15, -0.1) is 10.2 Å². The molecule has 0 aliphatic rings. The maximum Gasteiger partial charge on any atom is 0.180 e. The summed E-state index contributed by atoms with van der Waals surface area (Å²) in [5.74, 6) is 0.631. The number of hydrogen-bond donors (Lipinski definition) is 0. The van der Waals surface area contributed by atoms with Gasteiger partial charge in [-0.05, 0) is 34.1 Å². The zero-order valence-corrected chi connectivity index (χ0v) is 11.9. The van der Waals surface area contributed by atoms with Crippen molar-refractivity contribution in [3.8, 4) is 11.4 Å². The minimum Gasteiger partial charge on any atom is -0.262 e. The molecule has 18 heavy (non-hydrogen) atoms. The molecule has 0 saturated carbocycles. The largest absolute Gasteiger partial charge is 0.262 e. The van der Waals surface area contributed by atoms with Gasteiger partial charge in [-0.3, -0.25) is 9.38 Å². The molecule has 0 amide bonds. The van der Waals surface area contributed by atoms with Gasteiger partial charge in [0.05, 0.1) is 17.4 Å². The van der Waals surface area contributed by atoms with Crippen LogP contribution in [0.4, 0.5) is 0 Å². The third-order valence-corrected chi connectivity index (χ3v) is 3.95. The summed E-state index contributed by atoms with van der Waals surface area (Å²) < 4.78 is 2.54. The smallest absolute Gasteiger partial charge is 0.180 e. The molecule has 3 rings (SSSR count). The number of fused-ring (bicyclic) bond motifs is 1. The van der Waals surface area contributed by atoms with Crippen molar-refractivity contribution in [1.29, 1.82) is 0 Å². The van der Waals surface area contributed by atoms with Gasteiger partial charge in [0, 0.05) is 10.0 Å². The van der Waals surface area contributed by atoms with E-state index in [-0.39, 0.29) is 0 Å². The van der Waals surface area contributed by atoms with E-state index in [1.807, 2.05) is 12.1 Å². The van der Waals surface area contributed by atoms with Gasteiger partial charge in [-0.25, -0.2) is 0 Å². The van der Waals surface area contributed by atoms with Crippen molar-refractivity contribution in [3.63, 3.8) is 0 Å². The molecule has 0 bridgehead atoms. The van der Waals surface area contributed by atoms with Gasteiger partial charge < -0.3 is 0 Å². The van der Waals surface area contributed by atoms with E-state index in [0.717, 1.165) is 10.0 Å². The number of hydrogen-bond acceptors (Lipinski definition) is 3. The van der Waals surface area contributed by atoms with Gasteiger partial charge >= 0.3 is 0 Å². The Balaban J connectivity index is 2.28. The van der Waals surface area contributed by atoms with E-state index < -0.39 is 0 Å². The molecule has 0 fully saturated rings. The van der Waals surface area contributed by atoms with Gasteiger partial charge in [0.25, 0.3) is 0 Å². The van der Waals surface area contributed by atoms with Crippen LogP contribution in [0.3, 0.4) is 0 Å². The van der Waals surface area contributed by atoms with Crippen LogP contribution in [-0.4, -0.2) is 19.6 Å². The van der Waals surface area contributed by atoms with Crippen LogP contribution in [0.5, 0.6) is 0 Å². The van der Waals surface area contributed by atoms with Crippen LogP contribution in [0.2, 0.25) is 10.2 Å². The van der Waals surface area contributed by atoms with Crippen molar-refractivity contribution < 1.29 is 0 Å². The lowest BCUT2D eigenvalue weighted by molar-refractivity contribution is 1.11. The summed E-state index contributed by atoms with van der Waals surface area (Å²) in [6, 6.07) is 5.55. The lowest BCUT2D eigenvalue weighted by atomic mass is 10.2. The average molecular weight is 344 g/mol. The Hall–Kier alpha value is -1.17. The van der Waals surface area contributed by atoms with Gasteiger partial charge in [0.15, 0.2) is 11.5 Å². The topological polar surface area (TPSA) is 43.1 Å². The standard InChI is InChI=1S/C11H5BrCl2N4/c12-7-2-1-6(3-8(7)13)11-17-16-10-5-15-4-9(14)18(10)11/h1-5H. The number of rotatable bonds is 1. The van der Waals surface area contributed by atoms with E-state index in [4.69, 9.17) is 23.2 Å². The Bertz CT molecular complexity index is 741. The fourth-order valence-corrected chi connectivity index (χ4v) is 2.29. The summed E-state index contributed by atoms with van der Waals surface area (Å²) in [6.07, 6.45) is 3.14. The third-order valence-electron chi connectivity index (χ3n) is 2.45. The summed E-state index contributed by atoms with van der Waals surface area (Å²) in [5, 5.41) is 9.19. The second kappa shape index (κ2) is 4.50. The van der Waals surface area contributed by atoms with Crippen LogP contribution in [0.25, 0.3) is 17.0 Å². The van der Waals surface area contributed by atoms with Crippen molar-refractivity contribution in [1.82, 2.24) is 19.6 Å². The molecule has 4 nitrogen and oxygen atoms in total. The van der Waals surface area contributed by atoms with E-state index >= 15 is 0 Å². The highest BCUT2D eigenvalue weighted by atomic mass is 79.9. The highest BCUT2D eigenvalue weighted by Crippen LogP contribution is 2.29. The Morgan fingerprint density at radius 1 is 1.11 bits per heavy atom. The molecule has 90 valence electrons. The Morgan fingerprint density at radius 3 is 2.72 bits per heavy atom. The van der Waals surface area contributed by atoms with Crippen molar-refractivity contribution in [2.45, 2.75) is 0 Å². The van der Waals surface area contributed by atoms with Crippen molar-refractivity contribution >= 4 is 44.8 Å². The van der Waals surface area contributed by atoms with E-state index in [1.54, 1.807) is 22.9 Å². The maximum atomic E-state index is 6.10. The van der Waals surface area contributed by atoms with Crippen LogP contribution in [0, 0.1) is 0 Å². The molecule has 0 spiro atoms. The summed E-state index contributed by atoms with van der Waals surface area (Å²) in [4.78, 5) is 3.96. The number of aromatic nitrogens is 4. The molecular weight excluding hydrogens is 339 g/mol. The predicted octanol–water partition coefficient (Wildman–Crippen LogP) is 3.86. The van der Waals surface area contributed by atoms with Crippen molar-refractivity contribution in [3.05, 3.63) is 45.2 Å². The van der Waals surface area contributed by atoms with Gasteiger partial charge in [-0.2, -0.15) is 0 Å². The van der Waals surface area contributed by atoms with Crippen LogP contribution >= 0.6 is 39.1 Å². The average Bonchev–Trinajstić information content (AvgIpc) is 2.78. The molecule has 0 atom stereocenters. The van der Waals surface area contributed by atoms with Crippen LogP contribution in [0.15, 0.2) is 35.1 Å². The lowest BCUT2D eigenvalue weighted by Crippen LogP contribution is -1.92. The highest BCUT2D eigenvalue weighted by molar-refractivity contribution is 9.10. The fraction of sp³-hybridized carbons (Fsp3) is 0. The first-order valence-electron chi connectivity index (χ1n) is 4.97.